The van der Waals surface area contributed by atoms with Crippen molar-refractivity contribution in [3.05, 3.63) is 35.4 Å². The van der Waals surface area contributed by atoms with Crippen molar-refractivity contribution in [2.45, 2.75) is 77.5 Å². The van der Waals surface area contributed by atoms with Gasteiger partial charge >= 0.3 is 5.97 Å². The lowest BCUT2D eigenvalue weighted by atomic mass is 9.93. The van der Waals surface area contributed by atoms with Crippen molar-refractivity contribution >= 4 is 5.97 Å². The molecular formula is C24H34O6. The number of hydrogen-bond acceptors (Lipinski definition) is 6. The Balaban J connectivity index is 1.94. The van der Waals surface area contributed by atoms with Gasteiger partial charge in [0.25, 0.3) is 0 Å². The summed E-state index contributed by atoms with van der Waals surface area (Å²) < 4.78 is 29.1. The van der Waals surface area contributed by atoms with Crippen molar-refractivity contribution in [2.75, 3.05) is 14.2 Å². The number of methoxy groups -OCH3 is 2. The first-order valence-electron chi connectivity index (χ1n) is 10.7. The van der Waals surface area contributed by atoms with Crippen molar-refractivity contribution in [3.8, 4) is 11.5 Å². The minimum absolute atomic E-state index is 0.00270. The van der Waals surface area contributed by atoms with Crippen molar-refractivity contribution in [1.29, 1.82) is 0 Å². The molecule has 2 heterocycles. The number of esters is 1. The van der Waals surface area contributed by atoms with Gasteiger partial charge in [-0.15, -0.1) is 0 Å². The second kappa shape index (κ2) is 9.40. The molecule has 0 saturated carbocycles. The van der Waals surface area contributed by atoms with E-state index in [1.165, 1.54) is 0 Å². The molecule has 2 aliphatic rings. The van der Waals surface area contributed by atoms with Crippen molar-refractivity contribution in [1.82, 2.24) is 0 Å². The van der Waals surface area contributed by atoms with Gasteiger partial charge in [-0.25, -0.2) is 4.79 Å². The molecule has 3 rings (SSSR count). The Kier molecular flexibility index (Phi) is 7.09. The molecule has 1 unspecified atom stereocenters. The van der Waals surface area contributed by atoms with Crippen LogP contribution < -0.4 is 9.47 Å². The summed E-state index contributed by atoms with van der Waals surface area (Å²) >= 11 is 0. The van der Waals surface area contributed by atoms with Gasteiger partial charge < -0.3 is 23.7 Å². The van der Waals surface area contributed by atoms with Crippen LogP contribution in [0.2, 0.25) is 0 Å². The number of hydrogen-bond donors (Lipinski definition) is 0. The van der Waals surface area contributed by atoms with Gasteiger partial charge in [-0.05, 0) is 51.7 Å². The summed E-state index contributed by atoms with van der Waals surface area (Å²) in [7, 11) is 3.16. The average Bonchev–Trinajstić information content (AvgIpc) is 3.00. The molecule has 1 aromatic carbocycles. The van der Waals surface area contributed by atoms with E-state index >= 15 is 0 Å². The first-order valence-corrected chi connectivity index (χ1v) is 10.7. The fourth-order valence-corrected chi connectivity index (χ4v) is 4.26. The van der Waals surface area contributed by atoms with Crippen LogP contribution in [0.15, 0.2) is 24.3 Å². The van der Waals surface area contributed by atoms with Crippen molar-refractivity contribution in [3.63, 3.8) is 0 Å². The van der Waals surface area contributed by atoms with E-state index in [1.54, 1.807) is 20.3 Å². The predicted molar refractivity (Wildman–Crippen MR) is 114 cm³/mol. The van der Waals surface area contributed by atoms with Gasteiger partial charge in [0.2, 0.25) is 0 Å². The maximum Gasteiger partial charge on any atom is 0.342 e. The van der Waals surface area contributed by atoms with Crippen LogP contribution in [-0.4, -0.2) is 44.3 Å². The van der Waals surface area contributed by atoms with Crippen molar-refractivity contribution < 1.29 is 28.5 Å². The van der Waals surface area contributed by atoms with E-state index in [9.17, 15) is 4.79 Å². The van der Waals surface area contributed by atoms with Gasteiger partial charge in [-0.1, -0.05) is 19.1 Å². The highest BCUT2D eigenvalue weighted by atomic mass is 16.8. The molecule has 2 aliphatic heterocycles. The predicted octanol–water partition coefficient (Wildman–Crippen LogP) is 4.69. The number of carbonyl (C=O) groups excluding carboxylic acids is 1. The van der Waals surface area contributed by atoms with E-state index in [1.807, 2.05) is 26.8 Å². The highest BCUT2D eigenvalue weighted by Gasteiger charge is 2.42. The third-order valence-corrected chi connectivity index (χ3v) is 5.71. The molecule has 30 heavy (non-hydrogen) atoms. The molecule has 0 amide bonds. The monoisotopic (exact) mass is 418 g/mol. The van der Waals surface area contributed by atoms with E-state index in [0.717, 1.165) is 18.4 Å². The minimum Gasteiger partial charge on any atom is -0.497 e. The van der Waals surface area contributed by atoms with Crippen LogP contribution >= 0.6 is 0 Å². The molecule has 166 valence electrons. The number of cyclic esters (lactones) is 1. The zero-order valence-electron chi connectivity index (χ0n) is 18.9. The van der Waals surface area contributed by atoms with Crippen LogP contribution in [0.25, 0.3) is 0 Å². The summed E-state index contributed by atoms with van der Waals surface area (Å²) in [6, 6.07) is 3.62. The third kappa shape index (κ3) is 5.16. The van der Waals surface area contributed by atoms with E-state index in [0.29, 0.717) is 29.9 Å². The Labute approximate surface area is 179 Å². The van der Waals surface area contributed by atoms with Gasteiger partial charge in [0, 0.05) is 18.4 Å². The standard InChI is InChI=1S/C24H34O6/c1-15-9-7-10-16(2)28-23(25)21-17(13-18(26-5)14-20(21)27-6)11-8-12-19-22(15)30-24(3,4)29-19/h7,9,13-16,19,22H,8,10-12H2,1-6H3/b9-7-/t15?,16-,19+,22+/m0/s1. The SMILES string of the molecule is COc1cc2c(c(OC)c1)C(=O)O[C@@H](C)C/C=C\C(C)[C@H]1OC(C)(C)O[C@@H]1CCC2. The van der Waals surface area contributed by atoms with Gasteiger partial charge in [0.05, 0.1) is 26.4 Å². The van der Waals surface area contributed by atoms with Gasteiger partial charge in [0.1, 0.15) is 23.2 Å². The Morgan fingerprint density at radius 2 is 1.87 bits per heavy atom. The molecule has 1 fully saturated rings. The topological polar surface area (TPSA) is 63.2 Å². The number of carbonyl (C=O) groups is 1. The van der Waals surface area contributed by atoms with Gasteiger partial charge in [-0.3, -0.25) is 0 Å². The molecule has 0 aromatic heterocycles. The van der Waals surface area contributed by atoms with Crippen LogP contribution in [0.4, 0.5) is 0 Å². The lowest BCUT2D eigenvalue weighted by Gasteiger charge is -2.22. The first-order chi connectivity index (χ1) is 14.2. The Bertz CT molecular complexity index is 784. The van der Waals surface area contributed by atoms with Crippen LogP contribution in [0.1, 0.15) is 62.9 Å². The Morgan fingerprint density at radius 1 is 1.10 bits per heavy atom. The van der Waals surface area contributed by atoms with E-state index in [-0.39, 0.29) is 30.2 Å². The Hall–Kier alpha value is -2.05. The summed E-state index contributed by atoms with van der Waals surface area (Å²) in [4.78, 5) is 13.0. The van der Waals surface area contributed by atoms with E-state index < -0.39 is 5.79 Å². The first kappa shape index (κ1) is 22.6. The lowest BCUT2D eigenvalue weighted by Crippen LogP contribution is -2.29. The van der Waals surface area contributed by atoms with Gasteiger partial charge in [-0.2, -0.15) is 0 Å². The van der Waals surface area contributed by atoms with Crippen LogP contribution in [0.3, 0.4) is 0 Å². The molecule has 4 atom stereocenters. The zero-order chi connectivity index (χ0) is 21.9. The second-order valence-corrected chi connectivity index (χ2v) is 8.63. The number of rotatable bonds is 2. The zero-order valence-corrected chi connectivity index (χ0v) is 18.9. The molecule has 0 bridgehead atoms. The molecule has 0 aliphatic carbocycles. The molecule has 0 radical (unpaired) electrons. The van der Waals surface area contributed by atoms with Crippen molar-refractivity contribution in [2.24, 2.45) is 5.92 Å². The molecule has 1 saturated heterocycles. The highest BCUT2D eigenvalue weighted by Crippen LogP contribution is 2.36. The fraction of sp³-hybridized carbons (Fsp3) is 0.625. The normalized spacial score (nSPS) is 30.4. The Morgan fingerprint density at radius 3 is 2.57 bits per heavy atom. The number of ether oxygens (including phenoxy) is 5. The largest absolute Gasteiger partial charge is 0.497 e. The average molecular weight is 419 g/mol. The highest BCUT2D eigenvalue weighted by molar-refractivity contribution is 5.94. The third-order valence-electron chi connectivity index (χ3n) is 5.71. The molecule has 1 aromatic rings. The molecule has 0 N–H and O–H groups in total. The summed E-state index contributed by atoms with van der Waals surface area (Å²) in [5, 5.41) is 0. The molecule has 0 spiro atoms. The van der Waals surface area contributed by atoms with Crippen LogP contribution in [-0.2, 0) is 20.6 Å². The minimum atomic E-state index is -0.595. The van der Waals surface area contributed by atoms with E-state index in [2.05, 4.69) is 19.1 Å². The smallest absolute Gasteiger partial charge is 0.342 e. The van der Waals surface area contributed by atoms with E-state index in [4.69, 9.17) is 23.7 Å². The van der Waals surface area contributed by atoms with Gasteiger partial charge in [0.15, 0.2) is 5.79 Å². The summed E-state index contributed by atoms with van der Waals surface area (Å²) in [5.74, 6) is 0.369. The molecule has 6 heteroatoms. The fourth-order valence-electron chi connectivity index (χ4n) is 4.26. The molecule has 6 nitrogen and oxygen atoms in total. The van der Waals surface area contributed by atoms with Crippen LogP contribution in [0.5, 0.6) is 11.5 Å². The number of benzene rings is 1. The summed E-state index contributed by atoms with van der Waals surface area (Å²) in [6.45, 7) is 7.97. The maximum absolute atomic E-state index is 13.0. The maximum atomic E-state index is 13.0. The molecular weight excluding hydrogens is 384 g/mol. The number of aryl methyl sites for hydroxylation is 1. The second-order valence-electron chi connectivity index (χ2n) is 8.63. The quantitative estimate of drug-likeness (QED) is 0.513. The summed E-state index contributed by atoms with van der Waals surface area (Å²) in [5.41, 5.74) is 1.33. The number of fused-ring (bicyclic) bond motifs is 2. The van der Waals surface area contributed by atoms with Crippen LogP contribution in [0, 0.1) is 5.92 Å². The summed E-state index contributed by atoms with van der Waals surface area (Å²) in [6.07, 6.45) is 6.93. The lowest BCUT2D eigenvalue weighted by molar-refractivity contribution is -0.149.